The molecule has 0 aromatic heterocycles. The molecule has 0 aliphatic heterocycles. The topological polar surface area (TPSA) is 32.3 Å². The highest BCUT2D eigenvalue weighted by molar-refractivity contribution is 7.99. The van der Waals surface area contributed by atoms with Gasteiger partial charge in [-0.1, -0.05) is 24.6 Å². The first-order chi connectivity index (χ1) is 8.69. The van der Waals surface area contributed by atoms with Crippen LogP contribution in [0.5, 0.6) is 5.75 Å². The van der Waals surface area contributed by atoms with Gasteiger partial charge in [0.05, 0.1) is 5.02 Å². The summed E-state index contributed by atoms with van der Waals surface area (Å²) in [6, 6.07) is 6.03. The van der Waals surface area contributed by atoms with Crippen molar-refractivity contribution in [2.45, 2.75) is 44.0 Å². The average Bonchev–Trinajstić information content (AvgIpc) is 2.79. The lowest BCUT2D eigenvalue weighted by Crippen LogP contribution is -2.26. The molecule has 2 atom stereocenters. The second-order valence-corrected chi connectivity index (χ2v) is 6.74. The molecule has 1 aromatic carbocycles. The lowest BCUT2D eigenvalue weighted by Gasteiger charge is -2.13. The molecule has 1 aliphatic carbocycles. The third-order valence-corrected chi connectivity index (χ3v) is 4.93. The van der Waals surface area contributed by atoms with Gasteiger partial charge in [0.1, 0.15) is 5.75 Å². The summed E-state index contributed by atoms with van der Waals surface area (Å²) >= 11 is 7.97. The van der Waals surface area contributed by atoms with E-state index in [0.717, 1.165) is 17.4 Å². The van der Waals surface area contributed by atoms with Gasteiger partial charge in [-0.25, -0.2) is 0 Å². The van der Waals surface area contributed by atoms with Crippen LogP contribution in [0.3, 0.4) is 0 Å². The fourth-order valence-electron chi connectivity index (χ4n) is 2.44. The minimum atomic E-state index is 0.153. The number of nitrogens with one attached hydrogen (secondary N) is 1. The Morgan fingerprint density at radius 2 is 2.28 bits per heavy atom. The molecule has 0 amide bonds. The number of benzene rings is 1. The van der Waals surface area contributed by atoms with Crippen LogP contribution in [-0.2, 0) is 6.54 Å². The predicted molar refractivity (Wildman–Crippen MR) is 79.5 cm³/mol. The fraction of sp³-hybridized carbons (Fsp3) is 0.571. The first-order valence-electron chi connectivity index (χ1n) is 6.51. The van der Waals surface area contributed by atoms with Crippen molar-refractivity contribution in [3.05, 3.63) is 28.8 Å². The van der Waals surface area contributed by atoms with Gasteiger partial charge in [0, 0.05) is 17.8 Å². The number of hydrogen-bond acceptors (Lipinski definition) is 3. The van der Waals surface area contributed by atoms with Crippen LogP contribution in [0.25, 0.3) is 0 Å². The van der Waals surface area contributed by atoms with E-state index in [1.165, 1.54) is 25.0 Å². The van der Waals surface area contributed by atoms with Crippen LogP contribution in [0.15, 0.2) is 18.2 Å². The van der Waals surface area contributed by atoms with Gasteiger partial charge in [0.15, 0.2) is 0 Å². The summed E-state index contributed by atoms with van der Waals surface area (Å²) in [6.07, 6.45) is 3.86. The van der Waals surface area contributed by atoms with Crippen molar-refractivity contribution in [1.29, 1.82) is 0 Å². The maximum Gasteiger partial charge on any atom is 0.134 e. The van der Waals surface area contributed by atoms with Crippen LogP contribution in [0.2, 0.25) is 5.02 Å². The van der Waals surface area contributed by atoms with Gasteiger partial charge in [-0.05, 0) is 42.7 Å². The van der Waals surface area contributed by atoms with Crippen molar-refractivity contribution in [2.24, 2.45) is 0 Å². The summed E-state index contributed by atoms with van der Waals surface area (Å²) in [5.41, 5.74) is 1.13. The second-order valence-electron chi connectivity index (χ2n) is 4.75. The summed E-state index contributed by atoms with van der Waals surface area (Å²) in [5, 5.41) is 14.2. The summed E-state index contributed by atoms with van der Waals surface area (Å²) < 4.78 is 0. The number of phenols is 1. The van der Waals surface area contributed by atoms with E-state index in [1.807, 2.05) is 12.1 Å². The number of rotatable bonds is 5. The number of phenolic OH excluding ortho intramolecular Hbond substituents is 1. The maximum absolute atomic E-state index is 9.36. The first-order valence-corrected chi connectivity index (χ1v) is 7.94. The average molecular weight is 286 g/mol. The van der Waals surface area contributed by atoms with E-state index in [0.29, 0.717) is 11.1 Å². The molecule has 0 spiro atoms. The Balaban J connectivity index is 1.80. The highest BCUT2D eigenvalue weighted by atomic mass is 35.5. The van der Waals surface area contributed by atoms with Gasteiger partial charge in [0.25, 0.3) is 0 Å². The minimum absolute atomic E-state index is 0.153. The third kappa shape index (κ3) is 3.81. The van der Waals surface area contributed by atoms with Crippen LogP contribution in [0.4, 0.5) is 0 Å². The predicted octanol–water partition coefficient (Wildman–Crippen LogP) is 3.81. The molecule has 2 unspecified atom stereocenters. The molecule has 2 N–H and O–H groups in total. The molecule has 0 heterocycles. The molecule has 100 valence electrons. The number of thioether (sulfide) groups is 1. The zero-order valence-electron chi connectivity index (χ0n) is 10.7. The van der Waals surface area contributed by atoms with Crippen molar-refractivity contribution < 1.29 is 5.11 Å². The Bertz CT molecular complexity index is 399. The Labute approximate surface area is 118 Å². The lowest BCUT2D eigenvalue weighted by molar-refractivity contribution is 0.474. The molecule has 18 heavy (non-hydrogen) atoms. The Kier molecular flexibility index (Phi) is 5.22. The summed E-state index contributed by atoms with van der Waals surface area (Å²) in [4.78, 5) is 0. The highest BCUT2D eigenvalue weighted by Gasteiger charge is 2.23. The number of halogens is 1. The molecule has 4 heteroatoms. The molecular formula is C14H20ClNOS. The van der Waals surface area contributed by atoms with Crippen molar-refractivity contribution in [1.82, 2.24) is 5.32 Å². The van der Waals surface area contributed by atoms with Crippen molar-refractivity contribution in [2.75, 3.05) is 5.75 Å². The molecule has 2 rings (SSSR count). The van der Waals surface area contributed by atoms with Crippen LogP contribution in [-0.4, -0.2) is 22.2 Å². The molecule has 1 saturated carbocycles. The monoisotopic (exact) mass is 285 g/mol. The molecule has 0 saturated heterocycles. The summed E-state index contributed by atoms with van der Waals surface area (Å²) in [7, 11) is 0. The van der Waals surface area contributed by atoms with Gasteiger partial charge < -0.3 is 10.4 Å². The van der Waals surface area contributed by atoms with Gasteiger partial charge in [-0.3, -0.25) is 0 Å². The molecule has 1 fully saturated rings. The fourth-order valence-corrected chi connectivity index (χ4v) is 3.78. The van der Waals surface area contributed by atoms with Crippen LogP contribution in [0, 0.1) is 0 Å². The Morgan fingerprint density at radius 1 is 1.44 bits per heavy atom. The zero-order valence-corrected chi connectivity index (χ0v) is 12.2. The maximum atomic E-state index is 9.36. The van der Waals surface area contributed by atoms with Crippen LogP contribution in [0.1, 0.15) is 31.7 Å². The van der Waals surface area contributed by atoms with Crippen molar-refractivity contribution in [3.8, 4) is 5.75 Å². The van der Waals surface area contributed by atoms with E-state index in [2.05, 4.69) is 24.0 Å². The zero-order chi connectivity index (χ0) is 13.0. The second kappa shape index (κ2) is 6.69. The van der Waals surface area contributed by atoms with E-state index >= 15 is 0 Å². The largest absolute Gasteiger partial charge is 0.506 e. The van der Waals surface area contributed by atoms with Gasteiger partial charge in [0.2, 0.25) is 0 Å². The number of hydrogen-bond donors (Lipinski definition) is 2. The van der Waals surface area contributed by atoms with Crippen molar-refractivity contribution in [3.63, 3.8) is 0 Å². The van der Waals surface area contributed by atoms with Crippen LogP contribution >= 0.6 is 23.4 Å². The van der Waals surface area contributed by atoms with E-state index in [4.69, 9.17) is 11.6 Å². The quantitative estimate of drug-likeness (QED) is 0.863. The Morgan fingerprint density at radius 3 is 3.00 bits per heavy atom. The summed E-state index contributed by atoms with van der Waals surface area (Å²) in [6.45, 7) is 3.05. The normalized spacial score (nSPS) is 23.4. The highest BCUT2D eigenvalue weighted by Crippen LogP contribution is 2.30. The van der Waals surface area contributed by atoms with E-state index in [-0.39, 0.29) is 5.75 Å². The molecular weight excluding hydrogens is 266 g/mol. The standard InChI is InChI=1S/C14H20ClNOS/c1-2-18-12-5-4-11(8-12)16-9-10-3-6-14(17)13(15)7-10/h3,6-7,11-12,16-17H,2,4-5,8-9H2,1H3. The molecule has 0 radical (unpaired) electrons. The van der Waals surface area contributed by atoms with E-state index in [9.17, 15) is 5.11 Å². The molecule has 0 bridgehead atoms. The molecule has 2 nitrogen and oxygen atoms in total. The molecule has 1 aromatic rings. The van der Waals surface area contributed by atoms with E-state index in [1.54, 1.807) is 6.07 Å². The van der Waals surface area contributed by atoms with E-state index < -0.39 is 0 Å². The van der Waals surface area contributed by atoms with Gasteiger partial charge in [-0.2, -0.15) is 11.8 Å². The first kappa shape index (κ1) is 14.0. The lowest BCUT2D eigenvalue weighted by atomic mass is 10.2. The van der Waals surface area contributed by atoms with Gasteiger partial charge >= 0.3 is 0 Å². The Hall–Kier alpha value is -0.380. The molecule has 1 aliphatic rings. The minimum Gasteiger partial charge on any atom is -0.506 e. The van der Waals surface area contributed by atoms with Crippen molar-refractivity contribution >= 4 is 23.4 Å². The number of aromatic hydroxyl groups is 1. The van der Waals surface area contributed by atoms with Gasteiger partial charge in [-0.15, -0.1) is 0 Å². The van der Waals surface area contributed by atoms with Crippen LogP contribution < -0.4 is 5.32 Å². The third-order valence-electron chi connectivity index (χ3n) is 3.39. The SMILES string of the molecule is CCSC1CCC(NCc2ccc(O)c(Cl)c2)C1. The summed E-state index contributed by atoms with van der Waals surface area (Å²) in [5.74, 6) is 1.37. The smallest absolute Gasteiger partial charge is 0.134 e.